The Hall–Kier alpha value is -2.54. The summed E-state index contributed by atoms with van der Waals surface area (Å²) in [7, 11) is -2.18. The summed E-state index contributed by atoms with van der Waals surface area (Å²) in [4.78, 5) is 13.2. The van der Waals surface area contributed by atoms with Gasteiger partial charge in [-0.2, -0.15) is 0 Å². The van der Waals surface area contributed by atoms with Gasteiger partial charge in [-0.1, -0.05) is 49.7 Å². The van der Waals surface area contributed by atoms with Gasteiger partial charge < -0.3 is 10.1 Å². The van der Waals surface area contributed by atoms with Gasteiger partial charge in [-0.15, -0.1) is 0 Å². The number of nitrogens with one attached hydrogen (secondary N) is 1. The van der Waals surface area contributed by atoms with Gasteiger partial charge in [0.2, 0.25) is 15.9 Å². The largest absolute Gasteiger partial charge is 0.497 e. The minimum atomic E-state index is -3.70. The molecule has 1 N–H and O–H groups in total. The van der Waals surface area contributed by atoms with E-state index in [4.69, 9.17) is 4.74 Å². The summed E-state index contributed by atoms with van der Waals surface area (Å²) in [5, 5.41) is 3.03. The Balaban J connectivity index is 2.35. The highest BCUT2D eigenvalue weighted by Crippen LogP contribution is 2.27. The molecule has 0 unspecified atom stereocenters. The van der Waals surface area contributed by atoms with Crippen LogP contribution in [0.5, 0.6) is 5.75 Å². The van der Waals surface area contributed by atoms with Gasteiger partial charge in [0, 0.05) is 6.07 Å². The maximum Gasteiger partial charge on any atom is 0.244 e. The molecule has 2 atom stereocenters. The number of hydrogen-bond acceptors (Lipinski definition) is 4. The lowest BCUT2D eigenvalue weighted by atomic mass is 10.0. The minimum Gasteiger partial charge on any atom is -0.497 e. The number of carbonyl (C=O) groups excluding carboxylic acids is 1. The third-order valence-electron chi connectivity index (χ3n) is 4.84. The topological polar surface area (TPSA) is 75.7 Å². The number of hydrogen-bond donors (Lipinski definition) is 1. The van der Waals surface area contributed by atoms with E-state index in [0.717, 1.165) is 17.4 Å². The third kappa shape index (κ3) is 5.73. The van der Waals surface area contributed by atoms with Crippen LogP contribution in [0.15, 0.2) is 48.5 Å². The van der Waals surface area contributed by atoms with E-state index in [1.54, 1.807) is 31.2 Å². The number of ether oxygens (including phenoxy) is 1. The Labute approximate surface area is 173 Å². The predicted molar refractivity (Wildman–Crippen MR) is 117 cm³/mol. The fourth-order valence-electron chi connectivity index (χ4n) is 3.30. The van der Waals surface area contributed by atoms with Crippen molar-refractivity contribution in [3.05, 3.63) is 59.7 Å². The average Bonchev–Trinajstić information content (AvgIpc) is 2.69. The first-order valence-electron chi connectivity index (χ1n) is 9.71. The number of benzene rings is 2. The van der Waals surface area contributed by atoms with Crippen LogP contribution in [0.25, 0.3) is 0 Å². The van der Waals surface area contributed by atoms with Crippen LogP contribution in [-0.2, 0) is 14.8 Å². The van der Waals surface area contributed by atoms with Crippen LogP contribution in [0, 0.1) is 6.92 Å². The lowest BCUT2D eigenvalue weighted by molar-refractivity contribution is -0.123. The first-order chi connectivity index (χ1) is 13.7. The summed E-state index contributed by atoms with van der Waals surface area (Å²) in [6.07, 6.45) is 2.14. The summed E-state index contributed by atoms with van der Waals surface area (Å²) < 4.78 is 31.6. The third-order valence-corrected chi connectivity index (χ3v) is 6.02. The Morgan fingerprint density at radius 1 is 1.10 bits per heavy atom. The number of rotatable bonds is 9. The maximum atomic E-state index is 13.2. The molecule has 0 bridgehead atoms. The molecule has 2 aromatic carbocycles. The van der Waals surface area contributed by atoms with Crippen molar-refractivity contribution in [2.24, 2.45) is 0 Å². The molecule has 0 saturated heterocycles. The van der Waals surface area contributed by atoms with Crippen molar-refractivity contribution in [1.82, 2.24) is 5.32 Å². The molecule has 29 heavy (non-hydrogen) atoms. The molecule has 6 nitrogen and oxygen atoms in total. The van der Waals surface area contributed by atoms with Gasteiger partial charge in [0.05, 0.1) is 25.1 Å². The quantitative estimate of drug-likeness (QED) is 0.672. The van der Waals surface area contributed by atoms with Crippen LogP contribution in [0.4, 0.5) is 5.69 Å². The van der Waals surface area contributed by atoms with Crippen LogP contribution in [-0.4, -0.2) is 33.7 Å². The molecule has 0 aromatic heterocycles. The second-order valence-electron chi connectivity index (χ2n) is 7.06. The fraction of sp³-hybridized carbons (Fsp3) is 0.409. The van der Waals surface area contributed by atoms with Crippen LogP contribution in [0.2, 0.25) is 0 Å². The first kappa shape index (κ1) is 22.7. The first-order valence-corrected chi connectivity index (χ1v) is 11.6. The second kappa shape index (κ2) is 9.78. The molecule has 0 fully saturated rings. The summed E-state index contributed by atoms with van der Waals surface area (Å²) in [5.41, 5.74) is 2.54. The number of nitrogens with zero attached hydrogens (tertiary/aromatic N) is 1. The van der Waals surface area contributed by atoms with E-state index in [9.17, 15) is 13.2 Å². The Kier molecular flexibility index (Phi) is 7.67. The minimum absolute atomic E-state index is 0.191. The summed E-state index contributed by atoms with van der Waals surface area (Å²) in [6, 6.07) is 13.6. The second-order valence-corrected chi connectivity index (χ2v) is 8.92. The summed E-state index contributed by atoms with van der Waals surface area (Å²) in [6.45, 7) is 5.80. The van der Waals surface area contributed by atoms with E-state index in [1.165, 1.54) is 11.4 Å². The normalized spacial score (nSPS) is 13.4. The standard InChI is InChI=1S/C22H30N2O4S/c1-6-20(17-13-11-16(3)12-14-17)23-22(25)21(7-2)24(29(5,26)27)18-9-8-10-19(15-18)28-4/h8-15,20-21H,6-7H2,1-5H3,(H,23,25)/t20-,21+/m0/s1. The zero-order chi connectivity index (χ0) is 21.6. The number of sulfonamides is 1. The maximum absolute atomic E-state index is 13.2. The van der Waals surface area contributed by atoms with Gasteiger partial charge in [0.25, 0.3) is 0 Å². The zero-order valence-corrected chi connectivity index (χ0v) is 18.5. The highest BCUT2D eigenvalue weighted by Gasteiger charge is 2.32. The molecule has 7 heteroatoms. The molecular weight excluding hydrogens is 388 g/mol. The fourth-order valence-corrected chi connectivity index (χ4v) is 4.50. The molecule has 2 rings (SSSR count). The SMILES string of the molecule is CC[C@H](NC(=O)[C@@H](CC)N(c1cccc(OC)c1)S(C)(=O)=O)c1ccc(C)cc1. The monoisotopic (exact) mass is 418 g/mol. The molecule has 0 aliphatic rings. The smallest absolute Gasteiger partial charge is 0.244 e. The molecule has 1 amide bonds. The molecule has 0 saturated carbocycles. The Morgan fingerprint density at radius 3 is 2.28 bits per heavy atom. The Morgan fingerprint density at radius 2 is 1.76 bits per heavy atom. The van der Waals surface area contributed by atoms with Gasteiger partial charge in [-0.25, -0.2) is 8.42 Å². The van der Waals surface area contributed by atoms with Crippen molar-refractivity contribution >= 4 is 21.6 Å². The number of carbonyl (C=O) groups is 1. The highest BCUT2D eigenvalue weighted by atomic mass is 32.2. The molecule has 0 aliphatic heterocycles. The van der Waals surface area contributed by atoms with E-state index in [-0.39, 0.29) is 11.9 Å². The van der Waals surface area contributed by atoms with Crippen molar-refractivity contribution in [3.63, 3.8) is 0 Å². The van der Waals surface area contributed by atoms with Crippen LogP contribution < -0.4 is 14.4 Å². The van der Waals surface area contributed by atoms with E-state index in [2.05, 4.69) is 5.32 Å². The number of amides is 1. The molecule has 0 radical (unpaired) electrons. The van der Waals surface area contributed by atoms with E-state index < -0.39 is 16.1 Å². The molecule has 2 aromatic rings. The van der Waals surface area contributed by atoms with Gasteiger partial charge in [0.1, 0.15) is 11.8 Å². The van der Waals surface area contributed by atoms with Gasteiger partial charge in [0.15, 0.2) is 0 Å². The predicted octanol–water partition coefficient (Wildman–Crippen LogP) is 3.82. The zero-order valence-electron chi connectivity index (χ0n) is 17.7. The van der Waals surface area contributed by atoms with Gasteiger partial charge in [-0.3, -0.25) is 9.10 Å². The van der Waals surface area contributed by atoms with Crippen LogP contribution >= 0.6 is 0 Å². The summed E-state index contributed by atoms with van der Waals surface area (Å²) in [5.74, 6) is 0.200. The van der Waals surface area contributed by atoms with Crippen LogP contribution in [0.3, 0.4) is 0 Å². The van der Waals surface area contributed by atoms with Crippen molar-refractivity contribution in [2.75, 3.05) is 17.7 Å². The highest BCUT2D eigenvalue weighted by molar-refractivity contribution is 7.92. The summed E-state index contributed by atoms with van der Waals surface area (Å²) >= 11 is 0. The van der Waals surface area contributed by atoms with Crippen LogP contribution in [0.1, 0.15) is 43.9 Å². The van der Waals surface area contributed by atoms with E-state index in [0.29, 0.717) is 24.3 Å². The van der Waals surface area contributed by atoms with E-state index >= 15 is 0 Å². The number of methoxy groups -OCH3 is 1. The number of anilines is 1. The average molecular weight is 419 g/mol. The Bertz CT molecular complexity index is 926. The number of aryl methyl sites for hydroxylation is 1. The molecular formula is C22H30N2O4S. The molecule has 0 heterocycles. The van der Waals surface area contributed by atoms with Gasteiger partial charge >= 0.3 is 0 Å². The van der Waals surface area contributed by atoms with Crippen molar-refractivity contribution < 1.29 is 17.9 Å². The van der Waals surface area contributed by atoms with Crippen molar-refractivity contribution in [2.45, 2.75) is 45.7 Å². The molecule has 158 valence electrons. The molecule has 0 aliphatic carbocycles. The molecule has 0 spiro atoms. The van der Waals surface area contributed by atoms with Crippen molar-refractivity contribution in [1.29, 1.82) is 0 Å². The van der Waals surface area contributed by atoms with Gasteiger partial charge in [-0.05, 0) is 37.5 Å². The van der Waals surface area contributed by atoms with Crippen molar-refractivity contribution in [3.8, 4) is 5.75 Å². The van der Waals surface area contributed by atoms with E-state index in [1.807, 2.05) is 38.1 Å². The lowest BCUT2D eigenvalue weighted by Gasteiger charge is -2.31. The lowest BCUT2D eigenvalue weighted by Crippen LogP contribution is -2.50.